The van der Waals surface area contributed by atoms with Gasteiger partial charge in [-0.25, -0.2) is 14.5 Å². The highest BCUT2D eigenvalue weighted by molar-refractivity contribution is 5.96. The summed E-state index contributed by atoms with van der Waals surface area (Å²) in [5.41, 5.74) is 0.897. The number of carbonyl (C=O) groups is 3. The van der Waals surface area contributed by atoms with Gasteiger partial charge in [0.2, 0.25) is 5.91 Å². The molecule has 2 saturated heterocycles. The van der Waals surface area contributed by atoms with Crippen molar-refractivity contribution in [2.45, 2.75) is 32.0 Å². The van der Waals surface area contributed by atoms with E-state index < -0.39 is 18.1 Å². The number of methoxy groups -OCH3 is 1. The lowest BCUT2D eigenvalue weighted by Gasteiger charge is -2.25. The average molecular weight is 332 g/mol. The predicted octanol–water partition coefficient (Wildman–Crippen LogP) is 2.01. The molecule has 2 heterocycles. The van der Waals surface area contributed by atoms with E-state index in [1.165, 1.54) is 7.11 Å². The van der Waals surface area contributed by atoms with E-state index in [0.29, 0.717) is 13.0 Å². The molecule has 0 unspecified atom stereocenters. The molecule has 2 aliphatic heterocycles. The molecule has 0 aliphatic carbocycles. The minimum Gasteiger partial charge on any atom is -0.452 e. The van der Waals surface area contributed by atoms with Crippen molar-refractivity contribution in [1.29, 1.82) is 0 Å². The zero-order valence-electron chi connectivity index (χ0n) is 13.7. The second kappa shape index (κ2) is 6.51. The summed E-state index contributed by atoms with van der Waals surface area (Å²) < 4.78 is 10.1. The highest BCUT2D eigenvalue weighted by atomic mass is 16.6. The van der Waals surface area contributed by atoms with Gasteiger partial charge in [-0.1, -0.05) is 37.3 Å². The van der Waals surface area contributed by atoms with E-state index in [1.807, 2.05) is 30.3 Å². The van der Waals surface area contributed by atoms with Gasteiger partial charge >= 0.3 is 12.2 Å². The molecular formula is C17H20N2O5. The Bertz CT molecular complexity index is 648. The Labute approximate surface area is 140 Å². The van der Waals surface area contributed by atoms with Crippen molar-refractivity contribution < 1.29 is 23.9 Å². The Hall–Kier alpha value is -2.57. The summed E-state index contributed by atoms with van der Waals surface area (Å²) in [6.45, 7) is 2.36. The third-order valence-electron chi connectivity index (χ3n) is 4.70. The van der Waals surface area contributed by atoms with Crippen LogP contribution in [0.2, 0.25) is 0 Å². The van der Waals surface area contributed by atoms with Gasteiger partial charge in [0.25, 0.3) is 0 Å². The first-order valence-corrected chi connectivity index (χ1v) is 7.93. The number of hydrogen-bond acceptors (Lipinski definition) is 5. The maximum absolute atomic E-state index is 12.4. The van der Waals surface area contributed by atoms with E-state index in [2.05, 4.69) is 0 Å². The van der Waals surface area contributed by atoms with Gasteiger partial charge in [0, 0.05) is 6.54 Å². The van der Waals surface area contributed by atoms with E-state index in [0.717, 1.165) is 10.5 Å². The fourth-order valence-corrected chi connectivity index (χ4v) is 3.55. The van der Waals surface area contributed by atoms with Gasteiger partial charge in [-0.3, -0.25) is 4.79 Å². The fourth-order valence-electron chi connectivity index (χ4n) is 3.55. The number of carbonyl (C=O) groups excluding carboxylic acids is 3. The summed E-state index contributed by atoms with van der Waals surface area (Å²) in [6, 6.07) is 8.69. The molecule has 1 aromatic rings. The molecular weight excluding hydrogens is 312 g/mol. The minimum atomic E-state index is -0.668. The quantitative estimate of drug-likeness (QED) is 0.828. The Morgan fingerprint density at radius 3 is 2.58 bits per heavy atom. The van der Waals surface area contributed by atoms with Crippen molar-refractivity contribution in [1.82, 2.24) is 9.80 Å². The number of likely N-dealkylation sites (tertiary alicyclic amines) is 2. The number of ether oxygens (including phenoxy) is 2. The van der Waals surface area contributed by atoms with E-state index in [-0.39, 0.29) is 24.6 Å². The molecule has 0 N–H and O–H groups in total. The number of amides is 3. The average Bonchev–Trinajstić information content (AvgIpc) is 3.13. The molecule has 7 heteroatoms. The van der Waals surface area contributed by atoms with Gasteiger partial charge in [0.1, 0.15) is 6.61 Å². The molecule has 2 aliphatic rings. The van der Waals surface area contributed by atoms with Crippen molar-refractivity contribution in [2.24, 2.45) is 5.92 Å². The topological polar surface area (TPSA) is 76.2 Å². The van der Waals surface area contributed by atoms with Crippen molar-refractivity contribution in [3.8, 4) is 0 Å². The van der Waals surface area contributed by atoms with E-state index in [9.17, 15) is 14.4 Å². The number of fused-ring (bicyclic) bond motifs is 1. The van der Waals surface area contributed by atoms with Crippen molar-refractivity contribution in [2.75, 3.05) is 13.7 Å². The Kier molecular flexibility index (Phi) is 4.42. The lowest BCUT2D eigenvalue weighted by atomic mass is 10.0. The first-order valence-electron chi connectivity index (χ1n) is 7.93. The number of benzene rings is 1. The van der Waals surface area contributed by atoms with Crippen LogP contribution >= 0.6 is 0 Å². The Morgan fingerprint density at radius 2 is 1.92 bits per heavy atom. The third-order valence-corrected chi connectivity index (χ3v) is 4.70. The molecule has 0 aromatic heterocycles. The first-order chi connectivity index (χ1) is 11.5. The summed E-state index contributed by atoms with van der Waals surface area (Å²) in [6.07, 6.45) is -0.590. The van der Waals surface area contributed by atoms with E-state index in [4.69, 9.17) is 9.47 Å². The fraction of sp³-hybridized carbons (Fsp3) is 0.471. The second-order valence-corrected chi connectivity index (χ2v) is 6.05. The van der Waals surface area contributed by atoms with Crippen LogP contribution in [0.4, 0.5) is 9.59 Å². The zero-order valence-corrected chi connectivity index (χ0v) is 13.7. The van der Waals surface area contributed by atoms with Crippen LogP contribution in [0.25, 0.3) is 0 Å². The standard InChI is InChI=1S/C17H20N2O5/c1-11-14-13(19(15(11)20)17(22)23-2)8-9-18(14)16(21)24-10-12-6-4-3-5-7-12/h3-7,11,13-14H,8-10H2,1-2H3/t11-,13-,14+/m0/s1. The van der Waals surface area contributed by atoms with Crippen molar-refractivity contribution in [3.63, 3.8) is 0 Å². The molecule has 0 saturated carbocycles. The predicted molar refractivity (Wildman–Crippen MR) is 83.9 cm³/mol. The van der Waals surface area contributed by atoms with Gasteiger partial charge in [-0.05, 0) is 12.0 Å². The van der Waals surface area contributed by atoms with E-state index in [1.54, 1.807) is 11.8 Å². The number of rotatable bonds is 2. The zero-order chi connectivity index (χ0) is 17.3. The smallest absolute Gasteiger partial charge is 0.416 e. The van der Waals surface area contributed by atoms with Crippen LogP contribution in [0, 0.1) is 5.92 Å². The van der Waals surface area contributed by atoms with E-state index >= 15 is 0 Å². The van der Waals surface area contributed by atoms with Crippen LogP contribution in [-0.2, 0) is 20.9 Å². The third kappa shape index (κ3) is 2.70. The van der Waals surface area contributed by atoms with Crippen LogP contribution in [0.3, 0.4) is 0 Å². The molecule has 3 atom stereocenters. The summed E-state index contributed by atoms with van der Waals surface area (Å²) in [5.74, 6) is -0.765. The summed E-state index contributed by atoms with van der Waals surface area (Å²) in [7, 11) is 1.24. The van der Waals surface area contributed by atoms with Crippen molar-refractivity contribution in [3.05, 3.63) is 35.9 Å². The SMILES string of the molecule is COC(=O)N1C(=O)[C@@H](C)[C@@H]2[C@@H]1CCN2C(=O)OCc1ccccc1. The van der Waals surface area contributed by atoms with Crippen LogP contribution in [0.5, 0.6) is 0 Å². The maximum Gasteiger partial charge on any atom is 0.416 e. The van der Waals surface area contributed by atoms with Gasteiger partial charge in [-0.2, -0.15) is 0 Å². The molecule has 0 bridgehead atoms. The summed E-state index contributed by atoms with van der Waals surface area (Å²) in [4.78, 5) is 39.3. The molecule has 0 spiro atoms. The highest BCUT2D eigenvalue weighted by Crippen LogP contribution is 2.37. The Morgan fingerprint density at radius 1 is 1.21 bits per heavy atom. The molecule has 3 rings (SSSR count). The molecule has 3 amide bonds. The molecule has 128 valence electrons. The van der Waals surface area contributed by atoms with Crippen LogP contribution in [0.1, 0.15) is 18.9 Å². The normalized spacial score (nSPS) is 25.6. The largest absolute Gasteiger partial charge is 0.452 e. The second-order valence-electron chi connectivity index (χ2n) is 6.05. The number of imide groups is 1. The summed E-state index contributed by atoms with van der Waals surface area (Å²) in [5, 5.41) is 0. The van der Waals surface area contributed by atoms with Crippen LogP contribution in [0.15, 0.2) is 30.3 Å². The van der Waals surface area contributed by atoms with Crippen LogP contribution < -0.4 is 0 Å². The van der Waals surface area contributed by atoms with Crippen molar-refractivity contribution >= 4 is 18.1 Å². The van der Waals surface area contributed by atoms with Gasteiger partial charge in [-0.15, -0.1) is 0 Å². The van der Waals surface area contributed by atoms with Gasteiger partial charge < -0.3 is 14.4 Å². The molecule has 2 fully saturated rings. The summed E-state index contributed by atoms with van der Waals surface area (Å²) >= 11 is 0. The lowest BCUT2D eigenvalue weighted by Crippen LogP contribution is -2.43. The molecule has 1 aromatic carbocycles. The first kappa shape index (κ1) is 16.3. The molecule has 0 radical (unpaired) electrons. The van der Waals surface area contributed by atoms with Crippen LogP contribution in [-0.4, -0.2) is 53.6 Å². The monoisotopic (exact) mass is 332 g/mol. The minimum absolute atomic E-state index is 0.177. The maximum atomic E-state index is 12.4. The molecule has 7 nitrogen and oxygen atoms in total. The number of hydrogen-bond donors (Lipinski definition) is 0. The number of nitrogens with zero attached hydrogens (tertiary/aromatic N) is 2. The van der Waals surface area contributed by atoms with Gasteiger partial charge in [0.05, 0.1) is 25.1 Å². The Balaban J connectivity index is 1.69. The lowest BCUT2D eigenvalue weighted by molar-refractivity contribution is -0.130. The molecule has 24 heavy (non-hydrogen) atoms. The van der Waals surface area contributed by atoms with Gasteiger partial charge in [0.15, 0.2) is 0 Å². The highest BCUT2D eigenvalue weighted by Gasteiger charge is 2.56.